The van der Waals surface area contributed by atoms with E-state index in [0.717, 1.165) is 18.8 Å². The molecule has 11 heavy (non-hydrogen) atoms. The van der Waals surface area contributed by atoms with Crippen LogP contribution in [0.3, 0.4) is 0 Å². The first-order chi connectivity index (χ1) is 5.18. The third-order valence-corrected chi connectivity index (χ3v) is 2.82. The van der Waals surface area contributed by atoms with Gasteiger partial charge in [0, 0.05) is 10.7 Å². The van der Waals surface area contributed by atoms with Crippen LogP contribution in [0.15, 0.2) is 0 Å². The molecule has 1 aliphatic rings. The summed E-state index contributed by atoms with van der Waals surface area (Å²) in [6, 6.07) is 0. The van der Waals surface area contributed by atoms with Crippen molar-refractivity contribution < 1.29 is 8.39 Å². The Kier molecular flexibility index (Phi) is 3.82. The van der Waals surface area contributed by atoms with Crippen molar-refractivity contribution in [1.82, 2.24) is 0 Å². The molecule has 4 heteroatoms. The van der Waals surface area contributed by atoms with Crippen LogP contribution in [-0.2, 0) is 14.5 Å². The van der Waals surface area contributed by atoms with Crippen LogP contribution in [-0.4, -0.2) is 10.3 Å². The number of hydrogen-bond donors (Lipinski definition) is 0. The second-order valence-electron chi connectivity index (χ2n) is 3.17. The Bertz CT molecular complexity index is 143. The van der Waals surface area contributed by atoms with Crippen molar-refractivity contribution in [3.8, 4) is 0 Å². The molecule has 2 nitrogen and oxygen atoms in total. The zero-order valence-corrected chi connectivity index (χ0v) is 8.16. The van der Waals surface area contributed by atoms with Crippen LogP contribution >= 0.6 is 10.7 Å². The Morgan fingerprint density at radius 3 is 2.36 bits per heavy atom. The average Bonchev–Trinajstić information content (AvgIpc) is 1.93. The van der Waals surface area contributed by atoms with Crippen molar-refractivity contribution in [3.05, 3.63) is 0 Å². The van der Waals surface area contributed by atoms with E-state index in [0.29, 0.717) is 0 Å². The molecule has 0 heterocycles. The predicted molar refractivity (Wildman–Crippen MR) is 46.5 cm³/mol. The van der Waals surface area contributed by atoms with Crippen LogP contribution in [0.2, 0.25) is 0 Å². The fourth-order valence-electron chi connectivity index (χ4n) is 1.43. The SMILES string of the molecule is CC1CCC(OS(=O)Cl)CC1. The summed E-state index contributed by atoms with van der Waals surface area (Å²) in [5.74, 6) is 0.790. The molecule has 0 N–H and O–H groups in total. The van der Waals surface area contributed by atoms with Gasteiger partial charge in [-0.3, -0.25) is 4.18 Å². The van der Waals surface area contributed by atoms with Gasteiger partial charge in [-0.05, 0) is 31.6 Å². The van der Waals surface area contributed by atoms with E-state index in [1.54, 1.807) is 0 Å². The molecule has 1 unspecified atom stereocenters. The minimum atomic E-state index is -1.60. The maximum atomic E-state index is 10.4. The van der Waals surface area contributed by atoms with Crippen LogP contribution < -0.4 is 0 Å². The van der Waals surface area contributed by atoms with Crippen molar-refractivity contribution in [1.29, 1.82) is 0 Å². The molecule has 1 aliphatic carbocycles. The maximum Gasteiger partial charge on any atom is 0.256 e. The van der Waals surface area contributed by atoms with Gasteiger partial charge in [0.15, 0.2) is 0 Å². The Hall–Kier alpha value is 0.400. The molecule has 0 radical (unpaired) electrons. The molecule has 1 saturated carbocycles. The van der Waals surface area contributed by atoms with Gasteiger partial charge in [0.25, 0.3) is 10.3 Å². The van der Waals surface area contributed by atoms with Crippen molar-refractivity contribution in [2.24, 2.45) is 5.92 Å². The molecule has 0 amide bonds. The van der Waals surface area contributed by atoms with E-state index in [4.69, 9.17) is 14.9 Å². The number of halogens is 1. The van der Waals surface area contributed by atoms with Gasteiger partial charge in [0.05, 0.1) is 6.10 Å². The predicted octanol–water partition coefficient (Wildman–Crippen LogP) is 2.40. The van der Waals surface area contributed by atoms with Crippen molar-refractivity contribution in [3.63, 3.8) is 0 Å². The smallest absolute Gasteiger partial charge is 0.256 e. The fraction of sp³-hybridized carbons (Fsp3) is 1.00. The second kappa shape index (κ2) is 4.43. The highest BCUT2D eigenvalue weighted by Crippen LogP contribution is 2.26. The first-order valence-electron chi connectivity index (χ1n) is 3.93. The van der Waals surface area contributed by atoms with Gasteiger partial charge in [-0.15, -0.1) is 0 Å². The lowest BCUT2D eigenvalue weighted by Gasteiger charge is -2.24. The summed E-state index contributed by atoms with van der Waals surface area (Å²) in [6.07, 6.45) is 4.46. The van der Waals surface area contributed by atoms with Crippen LogP contribution in [0.25, 0.3) is 0 Å². The largest absolute Gasteiger partial charge is 0.275 e. The highest BCUT2D eigenvalue weighted by atomic mass is 35.7. The Morgan fingerprint density at radius 1 is 1.36 bits per heavy atom. The fourth-order valence-corrected chi connectivity index (χ4v) is 2.15. The molecule has 0 aromatic heterocycles. The lowest BCUT2D eigenvalue weighted by Crippen LogP contribution is -2.19. The monoisotopic (exact) mass is 196 g/mol. The summed E-state index contributed by atoms with van der Waals surface area (Å²) < 4.78 is 15.4. The third-order valence-electron chi connectivity index (χ3n) is 2.17. The standard InChI is InChI=1S/C7H13ClO2S/c1-6-2-4-7(5-3-6)10-11(8)9/h6-7H,2-5H2,1H3. The quantitative estimate of drug-likeness (QED) is 0.634. The summed E-state index contributed by atoms with van der Waals surface area (Å²) >= 11 is 0. The highest BCUT2D eigenvalue weighted by Gasteiger charge is 2.19. The molecule has 0 aromatic rings. The van der Waals surface area contributed by atoms with Gasteiger partial charge < -0.3 is 0 Å². The minimum Gasteiger partial charge on any atom is -0.275 e. The van der Waals surface area contributed by atoms with Crippen LogP contribution in [0.4, 0.5) is 0 Å². The Morgan fingerprint density at radius 2 is 1.91 bits per heavy atom. The van der Waals surface area contributed by atoms with Crippen molar-refractivity contribution in [2.45, 2.75) is 38.7 Å². The normalized spacial score (nSPS) is 35.1. The molecule has 66 valence electrons. The van der Waals surface area contributed by atoms with Gasteiger partial charge in [0.2, 0.25) is 0 Å². The summed E-state index contributed by atoms with van der Waals surface area (Å²) in [5, 5.41) is 0. The van der Waals surface area contributed by atoms with Crippen LogP contribution in [0, 0.1) is 5.92 Å². The second-order valence-corrected chi connectivity index (χ2v) is 4.51. The first-order valence-corrected chi connectivity index (χ1v) is 5.83. The zero-order valence-electron chi connectivity index (χ0n) is 6.59. The van der Waals surface area contributed by atoms with Gasteiger partial charge >= 0.3 is 0 Å². The number of hydrogen-bond acceptors (Lipinski definition) is 2. The summed E-state index contributed by atoms with van der Waals surface area (Å²) in [6.45, 7) is 2.23. The number of rotatable bonds is 2. The molecule has 0 spiro atoms. The third kappa shape index (κ3) is 3.54. The molecule has 0 bridgehead atoms. The Balaban J connectivity index is 2.22. The topological polar surface area (TPSA) is 26.3 Å². The summed E-state index contributed by atoms with van der Waals surface area (Å²) in [4.78, 5) is 0. The van der Waals surface area contributed by atoms with E-state index in [-0.39, 0.29) is 6.10 Å². The van der Waals surface area contributed by atoms with E-state index >= 15 is 0 Å². The molecule has 0 aliphatic heterocycles. The molecular formula is C7H13ClO2S. The van der Waals surface area contributed by atoms with Gasteiger partial charge in [-0.1, -0.05) is 6.92 Å². The minimum absolute atomic E-state index is 0.129. The van der Waals surface area contributed by atoms with Crippen molar-refractivity contribution >= 4 is 21.0 Å². The van der Waals surface area contributed by atoms with Gasteiger partial charge in [0.1, 0.15) is 0 Å². The maximum absolute atomic E-state index is 10.4. The van der Waals surface area contributed by atoms with E-state index in [2.05, 4.69) is 6.92 Å². The van der Waals surface area contributed by atoms with E-state index in [1.807, 2.05) is 0 Å². The molecular weight excluding hydrogens is 184 g/mol. The zero-order chi connectivity index (χ0) is 8.27. The van der Waals surface area contributed by atoms with E-state index in [1.165, 1.54) is 12.8 Å². The average molecular weight is 197 g/mol. The highest BCUT2D eigenvalue weighted by molar-refractivity contribution is 8.04. The van der Waals surface area contributed by atoms with Gasteiger partial charge in [-0.2, -0.15) is 0 Å². The molecule has 1 fully saturated rings. The van der Waals surface area contributed by atoms with Crippen LogP contribution in [0.5, 0.6) is 0 Å². The summed E-state index contributed by atoms with van der Waals surface area (Å²) in [5.41, 5.74) is 0. The lowest BCUT2D eigenvalue weighted by molar-refractivity contribution is 0.155. The molecule has 1 atom stereocenters. The van der Waals surface area contributed by atoms with Gasteiger partial charge in [-0.25, -0.2) is 4.21 Å². The van der Waals surface area contributed by atoms with Crippen LogP contribution in [0.1, 0.15) is 32.6 Å². The van der Waals surface area contributed by atoms with E-state index < -0.39 is 10.3 Å². The van der Waals surface area contributed by atoms with Crippen molar-refractivity contribution in [2.75, 3.05) is 0 Å². The molecule has 1 rings (SSSR count). The Labute approximate surface area is 74.4 Å². The molecule has 0 aromatic carbocycles. The summed E-state index contributed by atoms with van der Waals surface area (Å²) in [7, 11) is 3.60. The lowest BCUT2D eigenvalue weighted by atomic mass is 9.89. The first kappa shape index (κ1) is 9.49. The molecule has 0 saturated heterocycles. The van der Waals surface area contributed by atoms with E-state index in [9.17, 15) is 4.21 Å².